The maximum atomic E-state index is 11.2. The number of hydrogen-bond donors (Lipinski definition) is 1. The number of Topliss-reactive ketones (excluding diaryl/α,β-unsaturated/α-hetero) is 1. The van der Waals surface area contributed by atoms with Gasteiger partial charge in [-0.05, 0) is 25.2 Å². The Kier molecular flexibility index (Phi) is 2.57. The molecule has 0 radical (unpaired) electrons. The summed E-state index contributed by atoms with van der Waals surface area (Å²) < 4.78 is 0. The molecule has 1 saturated carbocycles. The van der Waals surface area contributed by atoms with E-state index in [1.54, 1.807) is 0 Å². The second kappa shape index (κ2) is 3.17. The molecule has 0 heterocycles. The summed E-state index contributed by atoms with van der Waals surface area (Å²) in [6, 6.07) is 0. The van der Waals surface area contributed by atoms with Gasteiger partial charge in [-0.15, -0.1) is 0 Å². The van der Waals surface area contributed by atoms with Gasteiger partial charge in [0.05, 0.1) is 5.60 Å². The third-order valence-electron chi connectivity index (χ3n) is 2.96. The molecule has 12 heavy (non-hydrogen) atoms. The average Bonchev–Trinajstić information content (AvgIpc) is 1.94. The number of hydrogen-bond acceptors (Lipinski definition) is 2. The molecule has 0 spiro atoms. The molecule has 1 fully saturated rings. The molecular formula is C10H18O2. The van der Waals surface area contributed by atoms with Crippen molar-refractivity contribution in [3.05, 3.63) is 0 Å². The fraction of sp³-hybridized carbons (Fsp3) is 0.900. The van der Waals surface area contributed by atoms with E-state index in [1.165, 1.54) is 0 Å². The van der Waals surface area contributed by atoms with Crippen LogP contribution in [0.15, 0.2) is 0 Å². The van der Waals surface area contributed by atoms with E-state index in [9.17, 15) is 9.90 Å². The van der Waals surface area contributed by atoms with Crippen molar-refractivity contribution in [1.29, 1.82) is 0 Å². The standard InChI is InChI=1S/C10H18O2/c1-7(2)9-6-8(11)4-5-10(9,3)12/h7,9,12H,4-6H2,1-3H3/t9-,10+/m0/s1. The normalized spacial score (nSPS) is 37.4. The van der Waals surface area contributed by atoms with E-state index in [-0.39, 0.29) is 5.92 Å². The SMILES string of the molecule is CC(C)[C@@H]1CC(=O)CC[C@@]1(C)O. The molecule has 0 aliphatic heterocycles. The van der Waals surface area contributed by atoms with Gasteiger partial charge in [0.25, 0.3) is 0 Å². The number of aliphatic hydroxyl groups is 1. The van der Waals surface area contributed by atoms with Crippen LogP contribution in [0, 0.1) is 11.8 Å². The number of carbonyl (C=O) groups is 1. The van der Waals surface area contributed by atoms with Gasteiger partial charge < -0.3 is 5.11 Å². The molecule has 0 saturated heterocycles. The van der Waals surface area contributed by atoms with Crippen LogP contribution in [0.1, 0.15) is 40.0 Å². The summed E-state index contributed by atoms with van der Waals surface area (Å²) in [4.78, 5) is 11.2. The Balaban J connectivity index is 2.72. The lowest BCUT2D eigenvalue weighted by molar-refractivity contribution is -0.131. The zero-order chi connectivity index (χ0) is 9.35. The van der Waals surface area contributed by atoms with Crippen LogP contribution in [-0.4, -0.2) is 16.5 Å². The first kappa shape index (κ1) is 9.72. The van der Waals surface area contributed by atoms with E-state index in [1.807, 2.05) is 6.92 Å². The van der Waals surface area contributed by atoms with Gasteiger partial charge >= 0.3 is 0 Å². The van der Waals surface area contributed by atoms with E-state index < -0.39 is 5.60 Å². The average molecular weight is 170 g/mol. The second-order valence-electron chi connectivity index (χ2n) is 4.45. The van der Waals surface area contributed by atoms with Gasteiger partial charge in [-0.2, -0.15) is 0 Å². The van der Waals surface area contributed by atoms with Crippen LogP contribution in [0.4, 0.5) is 0 Å². The van der Waals surface area contributed by atoms with Crippen LogP contribution in [0.2, 0.25) is 0 Å². The van der Waals surface area contributed by atoms with Crippen molar-refractivity contribution in [1.82, 2.24) is 0 Å². The fourth-order valence-electron chi connectivity index (χ4n) is 2.10. The number of ketones is 1. The zero-order valence-corrected chi connectivity index (χ0v) is 8.13. The highest BCUT2D eigenvalue weighted by molar-refractivity contribution is 5.79. The molecular weight excluding hydrogens is 152 g/mol. The molecule has 0 unspecified atom stereocenters. The van der Waals surface area contributed by atoms with Crippen molar-refractivity contribution >= 4 is 5.78 Å². The molecule has 1 aliphatic rings. The van der Waals surface area contributed by atoms with Crippen LogP contribution >= 0.6 is 0 Å². The highest BCUT2D eigenvalue weighted by atomic mass is 16.3. The Bertz CT molecular complexity index is 182. The quantitative estimate of drug-likeness (QED) is 0.651. The van der Waals surface area contributed by atoms with Gasteiger partial charge in [0.2, 0.25) is 0 Å². The summed E-state index contributed by atoms with van der Waals surface area (Å²) >= 11 is 0. The predicted molar refractivity (Wildman–Crippen MR) is 47.8 cm³/mol. The molecule has 0 aromatic heterocycles. The maximum Gasteiger partial charge on any atom is 0.133 e. The Hall–Kier alpha value is -0.370. The summed E-state index contributed by atoms with van der Waals surface area (Å²) in [6.07, 6.45) is 1.75. The first-order valence-corrected chi connectivity index (χ1v) is 4.67. The molecule has 1 rings (SSSR count). The minimum Gasteiger partial charge on any atom is -0.390 e. The van der Waals surface area contributed by atoms with Crippen molar-refractivity contribution in [2.45, 2.75) is 45.6 Å². The summed E-state index contributed by atoms with van der Waals surface area (Å²) in [5.41, 5.74) is -0.623. The van der Waals surface area contributed by atoms with Gasteiger partial charge in [-0.3, -0.25) is 4.79 Å². The van der Waals surface area contributed by atoms with Crippen molar-refractivity contribution < 1.29 is 9.90 Å². The van der Waals surface area contributed by atoms with Crippen LogP contribution in [0.25, 0.3) is 0 Å². The molecule has 2 nitrogen and oxygen atoms in total. The van der Waals surface area contributed by atoms with Gasteiger partial charge in [0.15, 0.2) is 0 Å². The predicted octanol–water partition coefficient (Wildman–Crippen LogP) is 1.76. The second-order valence-corrected chi connectivity index (χ2v) is 4.45. The van der Waals surface area contributed by atoms with E-state index in [2.05, 4.69) is 13.8 Å². The number of rotatable bonds is 1. The smallest absolute Gasteiger partial charge is 0.133 e. The molecule has 1 aliphatic carbocycles. The molecule has 1 N–H and O–H groups in total. The van der Waals surface area contributed by atoms with Crippen LogP contribution in [0.3, 0.4) is 0 Å². The van der Waals surface area contributed by atoms with E-state index in [0.29, 0.717) is 31.0 Å². The molecule has 70 valence electrons. The maximum absolute atomic E-state index is 11.2. The highest BCUT2D eigenvalue weighted by Crippen LogP contribution is 2.36. The Labute approximate surface area is 74.0 Å². The lowest BCUT2D eigenvalue weighted by Crippen LogP contribution is -2.43. The third kappa shape index (κ3) is 1.86. The minimum atomic E-state index is -0.623. The molecule has 0 aromatic rings. The van der Waals surface area contributed by atoms with Crippen LogP contribution in [0.5, 0.6) is 0 Å². The first-order valence-electron chi connectivity index (χ1n) is 4.67. The molecule has 0 amide bonds. The van der Waals surface area contributed by atoms with Crippen molar-refractivity contribution in [2.75, 3.05) is 0 Å². The largest absolute Gasteiger partial charge is 0.390 e. The summed E-state index contributed by atoms with van der Waals surface area (Å²) in [5, 5.41) is 9.97. The molecule has 2 atom stereocenters. The van der Waals surface area contributed by atoms with Gasteiger partial charge in [0.1, 0.15) is 5.78 Å². The van der Waals surface area contributed by atoms with Crippen molar-refractivity contribution in [3.63, 3.8) is 0 Å². The van der Waals surface area contributed by atoms with E-state index in [4.69, 9.17) is 0 Å². The summed E-state index contributed by atoms with van der Waals surface area (Å²) in [7, 11) is 0. The van der Waals surface area contributed by atoms with E-state index >= 15 is 0 Å². The Morgan fingerprint density at radius 3 is 2.58 bits per heavy atom. The number of carbonyl (C=O) groups excluding carboxylic acids is 1. The van der Waals surface area contributed by atoms with Crippen molar-refractivity contribution in [3.8, 4) is 0 Å². The molecule has 0 bridgehead atoms. The van der Waals surface area contributed by atoms with Crippen molar-refractivity contribution in [2.24, 2.45) is 11.8 Å². The van der Waals surface area contributed by atoms with Crippen LogP contribution < -0.4 is 0 Å². The Morgan fingerprint density at radius 1 is 1.58 bits per heavy atom. The van der Waals surface area contributed by atoms with Gasteiger partial charge in [-0.25, -0.2) is 0 Å². The molecule has 2 heteroatoms. The topological polar surface area (TPSA) is 37.3 Å². The van der Waals surface area contributed by atoms with E-state index in [0.717, 1.165) is 0 Å². The highest BCUT2D eigenvalue weighted by Gasteiger charge is 2.39. The zero-order valence-electron chi connectivity index (χ0n) is 8.13. The van der Waals surface area contributed by atoms with Crippen LogP contribution in [-0.2, 0) is 4.79 Å². The monoisotopic (exact) mass is 170 g/mol. The first-order chi connectivity index (χ1) is 5.43. The summed E-state index contributed by atoms with van der Waals surface area (Å²) in [6.45, 7) is 5.99. The van der Waals surface area contributed by atoms with Gasteiger partial charge in [0, 0.05) is 12.8 Å². The molecule has 0 aromatic carbocycles. The fourth-order valence-corrected chi connectivity index (χ4v) is 2.10. The minimum absolute atomic E-state index is 0.152. The lowest BCUT2D eigenvalue weighted by atomic mass is 9.71. The lowest BCUT2D eigenvalue weighted by Gasteiger charge is -2.38. The third-order valence-corrected chi connectivity index (χ3v) is 2.96. The van der Waals surface area contributed by atoms with Gasteiger partial charge in [-0.1, -0.05) is 13.8 Å². The summed E-state index contributed by atoms with van der Waals surface area (Å²) in [5.74, 6) is 0.850. The Morgan fingerprint density at radius 2 is 2.17 bits per heavy atom.